The number of nitrogens with zero attached hydrogens (tertiary/aromatic N) is 3. The molecule has 2 fully saturated rings. The van der Waals surface area contributed by atoms with Crippen molar-refractivity contribution in [1.29, 1.82) is 0 Å². The molecule has 0 bridgehead atoms. The summed E-state index contributed by atoms with van der Waals surface area (Å²) in [6.45, 7) is 1.68. The van der Waals surface area contributed by atoms with Gasteiger partial charge in [-0.15, -0.1) is 5.10 Å². The van der Waals surface area contributed by atoms with Crippen LogP contribution in [0.5, 0.6) is 0 Å². The van der Waals surface area contributed by atoms with E-state index in [1.54, 1.807) is 6.92 Å². The van der Waals surface area contributed by atoms with Crippen LogP contribution in [-0.2, 0) is 9.59 Å². The number of rotatable bonds is 2. The summed E-state index contributed by atoms with van der Waals surface area (Å²) >= 11 is 0. The summed E-state index contributed by atoms with van der Waals surface area (Å²) in [4.78, 5) is 34.0. The molecule has 11 nitrogen and oxygen atoms in total. The van der Waals surface area contributed by atoms with E-state index in [0.29, 0.717) is 0 Å². The average Bonchev–Trinajstić information content (AvgIpc) is 2.86. The highest BCUT2D eigenvalue weighted by atomic mass is 16.6. The summed E-state index contributed by atoms with van der Waals surface area (Å²) in [5.74, 6) is -2.56. The van der Waals surface area contributed by atoms with Crippen LogP contribution in [0.3, 0.4) is 0 Å². The van der Waals surface area contributed by atoms with Crippen molar-refractivity contribution >= 4 is 17.8 Å². The number of nitrogens with two attached hydrogens (primary N) is 1. The number of aromatic nitrogens is 2. The second-order valence-electron chi connectivity index (χ2n) is 5.53. The van der Waals surface area contributed by atoms with E-state index >= 15 is 0 Å². The fourth-order valence-corrected chi connectivity index (χ4v) is 3.27. The van der Waals surface area contributed by atoms with Crippen LogP contribution < -0.4 is 16.4 Å². The number of carbonyl (C=O) groups is 2. The molecule has 1 saturated carbocycles. The lowest BCUT2D eigenvalue weighted by Gasteiger charge is -2.43. The molecule has 118 valence electrons. The van der Waals surface area contributed by atoms with Crippen LogP contribution in [0.15, 0.2) is 4.42 Å². The summed E-state index contributed by atoms with van der Waals surface area (Å²) in [5, 5.41) is 23.7. The van der Waals surface area contributed by atoms with E-state index in [1.807, 2.05) is 0 Å². The maximum Gasteiger partial charge on any atom is 0.312 e. The minimum atomic E-state index is -0.908. The number of amides is 2. The lowest BCUT2D eigenvalue weighted by Crippen LogP contribution is -2.68. The number of carbonyl (C=O) groups excluding carboxylic acids is 2. The number of nitro groups is 1. The third-order valence-electron chi connectivity index (χ3n) is 4.32. The monoisotopic (exact) mass is 310 g/mol. The Kier molecular flexibility index (Phi) is 3.19. The first kappa shape index (κ1) is 14.2. The van der Waals surface area contributed by atoms with E-state index in [0.717, 1.165) is 0 Å². The number of fused-ring (bicyclic) bond motifs is 1. The Hall–Kier alpha value is -2.72. The van der Waals surface area contributed by atoms with E-state index in [2.05, 4.69) is 20.8 Å². The number of nitrogen functional groups attached to an aromatic ring is 1. The molecule has 1 aromatic heterocycles. The molecule has 2 heterocycles. The standard InChI is InChI=1S/C11H14N6O5/c1-3-5(17(20)21)2-4-7(14-9(19)8(18)13-4)6(3)10-15-16-11(12)22-10/h3-7H,2H2,1H3,(H2,12,16)(H,13,18)(H,14,19). The van der Waals surface area contributed by atoms with Gasteiger partial charge in [0.1, 0.15) is 0 Å². The van der Waals surface area contributed by atoms with Crippen LogP contribution in [-0.4, -0.2) is 45.1 Å². The van der Waals surface area contributed by atoms with Crippen LogP contribution in [0, 0.1) is 16.0 Å². The van der Waals surface area contributed by atoms with Gasteiger partial charge in [-0.05, 0) is 0 Å². The molecule has 2 aliphatic rings. The van der Waals surface area contributed by atoms with Crippen molar-refractivity contribution in [2.24, 2.45) is 5.92 Å². The van der Waals surface area contributed by atoms with Crippen molar-refractivity contribution < 1.29 is 18.9 Å². The molecule has 1 aliphatic carbocycles. The molecule has 4 N–H and O–H groups in total. The van der Waals surface area contributed by atoms with Crippen molar-refractivity contribution in [2.45, 2.75) is 37.4 Å². The van der Waals surface area contributed by atoms with Gasteiger partial charge in [0.25, 0.3) is 0 Å². The van der Waals surface area contributed by atoms with E-state index in [-0.39, 0.29) is 18.3 Å². The predicted octanol–water partition coefficient (Wildman–Crippen LogP) is -1.60. The molecule has 5 unspecified atom stereocenters. The molecule has 1 aliphatic heterocycles. The third-order valence-corrected chi connectivity index (χ3v) is 4.32. The van der Waals surface area contributed by atoms with Gasteiger partial charge in [-0.3, -0.25) is 19.7 Å². The first-order valence-electron chi connectivity index (χ1n) is 6.72. The molecule has 0 aromatic carbocycles. The molecule has 22 heavy (non-hydrogen) atoms. The summed E-state index contributed by atoms with van der Waals surface area (Å²) in [6, 6.07) is -2.20. The zero-order valence-electron chi connectivity index (χ0n) is 11.6. The van der Waals surface area contributed by atoms with Crippen molar-refractivity contribution in [1.82, 2.24) is 20.8 Å². The number of piperazine rings is 1. The smallest absolute Gasteiger partial charge is 0.312 e. The molecule has 1 saturated heterocycles. The summed E-state index contributed by atoms with van der Waals surface area (Å²) in [7, 11) is 0. The molecule has 0 radical (unpaired) electrons. The van der Waals surface area contributed by atoms with Crippen molar-refractivity contribution in [3.63, 3.8) is 0 Å². The van der Waals surface area contributed by atoms with Gasteiger partial charge in [-0.2, -0.15) is 0 Å². The molecular formula is C11H14N6O5. The van der Waals surface area contributed by atoms with Crippen LogP contribution >= 0.6 is 0 Å². The van der Waals surface area contributed by atoms with Crippen molar-refractivity contribution in [2.75, 3.05) is 5.73 Å². The van der Waals surface area contributed by atoms with Crippen molar-refractivity contribution in [3.05, 3.63) is 16.0 Å². The molecule has 2 amide bonds. The van der Waals surface area contributed by atoms with Crippen LogP contribution in [0.25, 0.3) is 0 Å². The first-order chi connectivity index (χ1) is 10.4. The highest BCUT2D eigenvalue weighted by Crippen LogP contribution is 2.39. The van der Waals surface area contributed by atoms with Crippen LogP contribution in [0.4, 0.5) is 6.01 Å². The van der Waals surface area contributed by atoms with E-state index in [4.69, 9.17) is 10.2 Å². The summed E-state index contributed by atoms with van der Waals surface area (Å²) in [6.07, 6.45) is 0.116. The minimum Gasteiger partial charge on any atom is -0.408 e. The molecular weight excluding hydrogens is 296 g/mol. The normalized spacial score (nSPS) is 34.5. The SMILES string of the molecule is CC1C(c2nnc(N)o2)C2NC(=O)C(=O)NC2CC1[N+](=O)[O-]. The highest BCUT2D eigenvalue weighted by Gasteiger charge is 2.53. The first-order valence-corrected chi connectivity index (χ1v) is 6.72. The Morgan fingerprint density at radius 2 is 2.00 bits per heavy atom. The molecule has 1 aromatic rings. The largest absolute Gasteiger partial charge is 0.408 e. The Balaban J connectivity index is 2.00. The van der Waals surface area contributed by atoms with Crippen molar-refractivity contribution in [3.8, 4) is 0 Å². The zero-order valence-corrected chi connectivity index (χ0v) is 11.6. The maximum absolute atomic E-state index is 11.6. The lowest BCUT2D eigenvalue weighted by molar-refractivity contribution is -0.536. The van der Waals surface area contributed by atoms with E-state index in [1.165, 1.54) is 0 Å². The Morgan fingerprint density at radius 1 is 1.32 bits per heavy atom. The van der Waals surface area contributed by atoms with E-state index < -0.39 is 46.7 Å². The second kappa shape index (κ2) is 4.93. The van der Waals surface area contributed by atoms with Gasteiger partial charge < -0.3 is 20.8 Å². The van der Waals surface area contributed by atoms with Crippen LogP contribution in [0.1, 0.15) is 25.2 Å². The highest BCUT2D eigenvalue weighted by molar-refractivity contribution is 6.35. The quantitative estimate of drug-likeness (QED) is 0.333. The third kappa shape index (κ3) is 2.14. The van der Waals surface area contributed by atoms with Gasteiger partial charge >= 0.3 is 17.8 Å². The maximum atomic E-state index is 11.6. The second-order valence-corrected chi connectivity index (χ2v) is 5.53. The molecule has 3 rings (SSSR count). The summed E-state index contributed by atoms with van der Waals surface area (Å²) in [5.41, 5.74) is 5.41. The number of hydrogen-bond donors (Lipinski definition) is 3. The van der Waals surface area contributed by atoms with Gasteiger partial charge in [0.05, 0.1) is 18.0 Å². The Morgan fingerprint density at radius 3 is 2.59 bits per heavy atom. The van der Waals surface area contributed by atoms with Gasteiger partial charge in [0.2, 0.25) is 11.9 Å². The van der Waals surface area contributed by atoms with Crippen LogP contribution in [0.2, 0.25) is 0 Å². The molecule has 11 heteroatoms. The average molecular weight is 310 g/mol. The van der Waals surface area contributed by atoms with Gasteiger partial charge in [-0.25, -0.2) is 0 Å². The fourth-order valence-electron chi connectivity index (χ4n) is 3.27. The number of anilines is 1. The van der Waals surface area contributed by atoms with Gasteiger partial charge in [-0.1, -0.05) is 12.0 Å². The fraction of sp³-hybridized carbons (Fsp3) is 0.636. The number of nitrogens with one attached hydrogen (secondary N) is 2. The molecule has 5 atom stereocenters. The topological polar surface area (TPSA) is 166 Å². The zero-order chi connectivity index (χ0) is 16.0. The lowest BCUT2D eigenvalue weighted by atomic mass is 9.70. The van der Waals surface area contributed by atoms with Gasteiger partial charge in [0.15, 0.2) is 0 Å². The predicted molar refractivity (Wildman–Crippen MR) is 69.9 cm³/mol. The Bertz CT molecular complexity index is 645. The van der Waals surface area contributed by atoms with Gasteiger partial charge in [0, 0.05) is 17.3 Å². The minimum absolute atomic E-state index is 0.114. The Labute approximate surface area is 123 Å². The summed E-state index contributed by atoms with van der Waals surface area (Å²) < 4.78 is 5.20. The van der Waals surface area contributed by atoms with E-state index in [9.17, 15) is 19.7 Å². The number of hydrogen-bond acceptors (Lipinski definition) is 8. The molecule has 0 spiro atoms.